The highest BCUT2D eigenvalue weighted by Gasteiger charge is 2.23. The molecule has 0 bridgehead atoms. The SMILES string of the molecule is CCC(C)C(=O)OCCC(=O)c1ccccc1-c1c2ccc(=[N+](CC)CC)cc-2oc2cc(N(CC)CC)ccc12. The molecule has 1 aliphatic heterocycles. The fourth-order valence-electron chi connectivity index (χ4n) is 5.36. The summed E-state index contributed by atoms with van der Waals surface area (Å²) >= 11 is 0. The maximum Gasteiger partial charge on any atom is 0.308 e. The van der Waals surface area contributed by atoms with Crippen LogP contribution in [0.5, 0.6) is 0 Å². The van der Waals surface area contributed by atoms with Gasteiger partial charge in [0.25, 0.3) is 0 Å². The van der Waals surface area contributed by atoms with Gasteiger partial charge in [0.05, 0.1) is 18.6 Å². The fourth-order valence-corrected chi connectivity index (χ4v) is 5.36. The van der Waals surface area contributed by atoms with E-state index in [0.29, 0.717) is 12.0 Å². The van der Waals surface area contributed by atoms with E-state index < -0.39 is 0 Å². The van der Waals surface area contributed by atoms with Gasteiger partial charge < -0.3 is 14.1 Å². The smallest absolute Gasteiger partial charge is 0.308 e. The number of fused-ring (bicyclic) bond motifs is 2. The molecule has 216 valence electrons. The second kappa shape index (κ2) is 13.6. The first-order valence-corrected chi connectivity index (χ1v) is 15.0. The Morgan fingerprint density at radius 3 is 2.32 bits per heavy atom. The van der Waals surface area contributed by atoms with E-state index in [2.05, 4.69) is 73.6 Å². The van der Waals surface area contributed by atoms with E-state index in [-0.39, 0.29) is 30.7 Å². The summed E-state index contributed by atoms with van der Waals surface area (Å²) in [7, 11) is 0. The minimum absolute atomic E-state index is 0.0563. The Morgan fingerprint density at radius 1 is 0.902 bits per heavy atom. The number of ketones is 1. The summed E-state index contributed by atoms with van der Waals surface area (Å²) in [6, 6.07) is 20.4. The zero-order valence-corrected chi connectivity index (χ0v) is 25.3. The van der Waals surface area contributed by atoms with Crippen molar-refractivity contribution in [3.8, 4) is 22.5 Å². The van der Waals surface area contributed by atoms with E-state index >= 15 is 0 Å². The Labute approximate surface area is 243 Å². The summed E-state index contributed by atoms with van der Waals surface area (Å²) in [5.41, 5.74) is 5.26. The van der Waals surface area contributed by atoms with Crippen molar-refractivity contribution in [3.05, 3.63) is 71.6 Å². The molecule has 1 atom stereocenters. The van der Waals surface area contributed by atoms with Crippen LogP contribution in [0.1, 0.15) is 64.7 Å². The first-order valence-electron chi connectivity index (χ1n) is 15.0. The lowest BCUT2D eigenvalue weighted by Gasteiger charge is -2.22. The fraction of sp³-hybridized carbons (Fsp3) is 0.400. The third kappa shape index (κ3) is 6.37. The number of Topliss-reactive ketones (excluding diaryl/α,β-unsaturated/α-hetero) is 1. The van der Waals surface area contributed by atoms with Crippen molar-refractivity contribution < 1.29 is 18.7 Å². The average molecular weight is 556 g/mol. The van der Waals surface area contributed by atoms with E-state index in [1.807, 2.05) is 38.1 Å². The number of rotatable bonds is 12. The summed E-state index contributed by atoms with van der Waals surface area (Å²) in [5.74, 6) is 0.284. The second-order valence-electron chi connectivity index (χ2n) is 10.4. The first kappa shape index (κ1) is 30.0. The molecule has 0 radical (unpaired) electrons. The molecule has 6 nitrogen and oxygen atoms in total. The molecule has 0 fully saturated rings. The number of carbonyl (C=O) groups is 2. The highest BCUT2D eigenvalue weighted by atomic mass is 16.5. The lowest BCUT2D eigenvalue weighted by Crippen LogP contribution is -2.29. The van der Waals surface area contributed by atoms with Gasteiger partial charge in [-0.3, -0.25) is 9.59 Å². The van der Waals surface area contributed by atoms with E-state index in [4.69, 9.17) is 9.15 Å². The number of hydrogen-bond acceptors (Lipinski definition) is 5. The predicted octanol–water partition coefficient (Wildman–Crippen LogP) is 7.02. The third-order valence-electron chi connectivity index (χ3n) is 8.03. The van der Waals surface area contributed by atoms with Gasteiger partial charge in [0.1, 0.15) is 24.4 Å². The molecule has 1 aliphatic carbocycles. The van der Waals surface area contributed by atoms with E-state index in [1.165, 1.54) is 0 Å². The van der Waals surface area contributed by atoms with Crippen LogP contribution >= 0.6 is 0 Å². The lowest BCUT2D eigenvalue weighted by molar-refractivity contribution is -0.147. The van der Waals surface area contributed by atoms with Crippen LogP contribution in [-0.4, -0.2) is 44.5 Å². The minimum Gasteiger partial charge on any atom is -0.465 e. The molecule has 0 saturated heterocycles. The molecular weight excluding hydrogens is 512 g/mol. The number of carbonyl (C=O) groups excluding carboxylic acids is 2. The van der Waals surface area contributed by atoms with Gasteiger partial charge in [-0.2, -0.15) is 0 Å². The Bertz CT molecular complexity index is 1560. The van der Waals surface area contributed by atoms with Crippen molar-refractivity contribution in [3.63, 3.8) is 0 Å². The van der Waals surface area contributed by atoms with Crippen molar-refractivity contribution in [2.75, 3.05) is 37.7 Å². The van der Waals surface area contributed by atoms with Crippen LogP contribution in [0.25, 0.3) is 33.4 Å². The van der Waals surface area contributed by atoms with Crippen LogP contribution in [0, 0.1) is 5.92 Å². The maximum absolute atomic E-state index is 13.5. The van der Waals surface area contributed by atoms with Gasteiger partial charge in [-0.05, 0) is 57.9 Å². The Balaban J connectivity index is 1.90. The molecule has 2 aromatic carbocycles. The van der Waals surface area contributed by atoms with Crippen molar-refractivity contribution in [1.82, 2.24) is 4.58 Å². The summed E-state index contributed by atoms with van der Waals surface area (Å²) in [5, 5.41) is 2.05. The molecule has 0 amide bonds. The van der Waals surface area contributed by atoms with Crippen molar-refractivity contribution in [2.45, 2.75) is 54.4 Å². The van der Waals surface area contributed by atoms with Crippen LogP contribution in [-0.2, 0) is 9.53 Å². The highest BCUT2D eigenvalue weighted by molar-refractivity contribution is 6.10. The minimum atomic E-state index is -0.261. The van der Waals surface area contributed by atoms with Crippen molar-refractivity contribution in [1.29, 1.82) is 0 Å². The van der Waals surface area contributed by atoms with E-state index in [9.17, 15) is 9.59 Å². The molecule has 0 N–H and O–H groups in total. The van der Waals surface area contributed by atoms with Gasteiger partial charge in [0.15, 0.2) is 5.78 Å². The molecular formula is C35H43N2O4+. The quantitative estimate of drug-likeness (QED) is 0.0813. The molecule has 1 unspecified atom stereocenters. The van der Waals surface area contributed by atoms with Gasteiger partial charge in [0.2, 0.25) is 5.36 Å². The average Bonchev–Trinajstić information content (AvgIpc) is 3.00. The van der Waals surface area contributed by atoms with Crippen LogP contribution in [0.4, 0.5) is 5.69 Å². The first-order chi connectivity index (χ1) is 19.9. The molecule has 2 aromatic rings. The van der Waals surface area contributed by atoms with Crippen LogP contribution < -0.4 is 14.8 Å². The van der Waals surface area contributed by atoms with Gasteiger partial charge in [0, 0.05) is 59.4 Å². The molecule has 6 heteroatoms. The number of ether oxygens (including phenoxy) is 1. The topological polar surface area (TPSA) is 62.8 Å². The molecule has 4 rings (SSSR count). The highest BCUT2D eigenvalue weighted by Crippen LogP contribution is 2.42. The Hall–Kier alpha value is -3.93. The molecule has 1 heterocycles. The van der Waals surface area contributed by atoms with Crippen LogP contribution in [0.3, 0.4) is 0 Å². The summed E-state index contributed by atoms with van der Waals surface area (Å²) in [6.45, 7) is 16.0. The van der Waals surface area contributed by atoms with E-state index in [0.717, 1.165) is 70.6 Å². The summed E-state index contributed by atoms with van der Waals surface area (Å²) in [4.78, 5) is 28.0. The van der Waals surface area contributed by atoms with Gasteiger partial charge >= 0.3 is 5.97 Å². The normalized spacial score (nSPS) is 12.0. The Morgan fingerprint density at radius 2 is 1.63 bits per heavy atom. The number of anilines is 1. The second-order valence-corrected chi connectivity index (χ2v) is 10.4. The molecule has 41 heavy (non-hydrogen) atoms. The van der Waals surface area contributed by atoms with Crippen LogP contribution in [0.2, 0.25) is 0 Å². The third-order valence-corrected chi connectivity index (χ3v) is 8.03. The van der Waals surface area contributed by atoms with Crippen molar-refractivity contribution in [2.24, 2.45) is 5.92 Å². The number of hydrogen-bond donors (Lipinski definition) is 0. The molecule has 0 spiro atoms. The summed E-state index contributed by atoms with van der Waals surface area (Å²) < 4.78 is 14.3. The van der Waals surface area contributed by atoms with Gasteiger partial charge in [-0.1, -0.05) is 38.1 Å². The zero-order valence-electron chi connectivity index (χ0n) is 25.3. The summed E-state index contributed by atoms with van der Waals surface area (Å²) in [6.07, 6.45) is 0.839. The van der Waals surface area contributed by atoms with Crippen LogP contribution in [0.15, 0.2) is 65.1 Å². The zero-order chi connectivity index (χ0) is 29.5. The Kier molecular flexibility index (Phi) is 9.98. The van der Waals surface area contributed by atoms with Gasteiger partial charge in [-0.15, -0.1) is 0 Å². The largest absolute Gasteiger partial charge is 0.465 e. The molecule has 0 saturated carbocycles. The lowest BCUT2D eigenvalue weighted by atomic mass is 9.89. The predicted molar refractivity (Wildman–Crippen MR) is 168 cm³/mol. The number of nitrogens with zero attached hydrogens (tertiary/aromatic N) is 2. The van der Waals surface area contributed by atoms with Crippen molar-refractivity contribution >= 4 is 28.4 Å². The molecule has 0 aromatic heterocycles. The van der Waals surface area contributed by atoms with E-state index in [1.54, 1.807) is 0 Å². The standard InChI is InChI=1S/C35H43N2O4/c1-7-24(6)35(39)40-21-20-31(38)27-14-12-13-15-28(27)34-29-18-16-25(36(8-2)9-3)22-32(29)41-33-23-26(17-19-30(33)34)37(10-4)11-5/h12-19,22-24H,7-11,20-21H2,1-6H3/q+1. The maximum atomic E-state index is 13.5. The number of esters is 1. The van der Waals surface area contributed by atoms with Gasteiger partial charge in [-0.25, -0.2) is 4.58 Å². The molecule has 2 aliphatic rings. The monoisotopic (exact) mass is 555 g/mol. The number of benzene rings is 3.